The van der Waals surface area contributed by atoms with Crippen LogP contribution in [-0.4, -0.2) is 29.6 Å². The second-order valence-electron chi connectivity index (χ2n) is 4.54. The van der Waals surface area contributed by atoms with Crippen molar-refractivity contribution in [2.75, 3.05) is 6.61 Å². The molecule has 116 valence electrons. The molecule has 1 heterocycles. The molecule has 2 aromatic rings. The van der Waals surface area contributed by atoms with Crippen LogP contribution in [0, 0.1) is 0 Å². The molecule has 0 saturated heterocycles. The summed E-state index contributed by atoms with van der Waals surface area (Å²) in [6, 6.07) is 10.4. The number of ether oxygens (including phenoxy) is 1. The van der Waals surface area contributed by atoms with Crippen molar-refractivity contribution in [2.45, 2.75) is 19.1 Å². The first-order valence-corrected chi connectivity index (χ1v) is 6.87. The first-order chi connectivity index (χ1) is 10.6. The van der Waals surface area contributed by atoms with Crippen molar-refractivity contribution in [3.63, 3.8) is 0 Å². The Bertz CT molecular complexity index is 609. The number of hydrogen-bond acceptors (Lipinski definition) is 5. The summed E-state index contributed by atoms with van der Waals surface area (Å²) in [6.45, 7) is 1.80. The highest BCUT2D eigenvalue weighted by Crippen LogP contribution is 2.18. The van der Waals surface area contributed by atoms with Gasteiger partial charge in [-0.15, -0.1) is 0 Å². The summed E-state index contributed by atoms with van der Waals surface area (Å²) in [4.78, 5) is 24.1. The number of rotatable bonds is 6. The van der Waals surface area contributed by atoms with Crippen LogP contribution in [0.25, 0.3) is 0 Å². The SMILES string of the molecule is CCOC(=O)C(NC(=O)c1ccco1)C(O)c1ccccc1. The largest absolute Gasteiger partial charge is 0.464 e. The molecular weight excluding hydrogens is 286 g/mol. The number of benzene rings is 1. The van der Waals surface area contributed by atoms with E-state index in [1.165, 1.54) is 12.3 Å². The van der Waals surface area contributed by atoms with E-state index in [2.05, 4.69) is 5.32 Å². The van der Waals surface area contributed by atoms with Crippen LogP contribution in [0.4, 0.5) is 0 Å². The van der Waals surface area contributed by atoms with Gasteiger partial charge in [-0.05, 0) is 24.6 Å². The monoisotopic (exact) mass is 303 g/mol. The van der Waals surface area contributed by atoms with Gasteiger partial charge < -0.3 is 19.6 Å². The van der Waals surface area contributed by atoms with Gasteiger partial charge in [-0.25, -0.2) is 4.79 Å². The van der Waals surface area contributed by atoms with Gasteiger partial charge in [0.1, 0.15) is 6.10 Å². The number of amides is 1. The van der Waals surface area contributed by atoms with Crippen molar-refractivity contribution in [1.82, 2.24) is 5.32 Å². The molecule has 2 atom stereocenters. The van der Waals surface area contributed by atoms with Crippen molar-refractivity contribution < 1.29 is 23.8 Å². The Balaban J connectivity index is 2.19. The van der Waals surface area contributed by atoms with Gasteiger partial charge in [-0.1, -0.05) is 30.3 Å². The van der Waals surface area contributed by atoms with Gasteiger partial charge in [-0.3, -0.25) is 4.79 Å². The molecule has 2 unspecified atom stereocenters. The molecule has 0 spiro atoms. The smallest absolute Gasteiger partial charge is 0.331 e. The van der Waals surface area contributed by atoms with E-state index < -0.39 is 24.0 Å². The Labute approximate surface area is 127 Å². The summed E-state index contributed by atoms with van der Waals surface area (Å²) in [6.07, 6.45) is 0.126. The van der Waals surface area contributed by atoms with Crippen LogP contribution in [0.1, 0.15) is 29.1 Å². The molecule has 0 radical (unpaired) electrons. The third-order valence-corrected chi connectivity index (χ3v) is 3.03. The standard InChI is InChI=1S/C16H17NO5/c1-2-21-16(20)13(14(18)11-7-4-3-5-8-11)17-15(19)12-9-6-10-22-12/h3-10,13-14,18H,2H2,1H3,(H,17,19). The summed E-state index contributed by atoms with van der Waals surface area (Å²) >= 11 is 0. The maximum atomic E-state index is 12.0. The van der Waals surface area contributed by atoms with Crippen LogP contribution in [0.5, 0.6) is 0 Å². The minimum Gasteiger partial charge on any atom is -0.464 e. The molecule has 22 heavy (non-hydrogen) atoms. The Morgan fingerprint density at radius 2 is 1.95 bits per heavy atom. The van der Waals surface area contributed by atoms with Crippen LogP contribution in [0.2, 0.25) is 0 Å². The van der Waals surface area contributed by atoms with E-state index in [0.29, 0.717) is 5.56 Å². The van der Waals surface area contributed by atoms with Crippen molar-refractivity contribution in [1.29, 1.82) is 0 Å². The molecule has 0 fully saturated rings. The van der Waals surface area contributed by atoms with Crippen molar-refractivity contribution in [3.8, 4) is 0 Å². The molecule has 1 aromatic carbocycles. The zero-order valence-corrected chi connectivity index (χ0v) is 12.1. The maximum Gasteiger partial charge on any atom is 0.331 e. The van der Waals surface area contributed by atoms with Gasteiger partial charge in [0.05, 0.1) is 12.9 Å². The number of aliphatic hydroxyl groups is 1. The fourth-order valence-corrected chi connectivity index (χ4v) is 1.96. The second-order valence-corrected chi connectivity index (χ2v) is 4.54. The van der Waals surface area contributed by atoms with E-state index in [0.717, 1.165) is 0 Å². The lowest BCUT2D eigenvalue weighted by molar-refractivity contribution is -0.148. The van der Waals surface area contributed by atoms with Crippen molar-refractivity contribution in [2.24, 2.45) is 0 Å². The highest BCUT2D eigenvalue weighted by molar-refractivity contribution is 5.94. The van der Waals surface area contributed by atoms with Gasteiger partial charge in [-0.2, -0.15) is 0 Å². The summed E-state index contributed by atoms with van der Waals surface area (Å²) in [7, 11) is 0. The zero-order chi connectivity index (χ0) is 15.9. The first kappa shape index (κ1) is 15.8. The lowest BCUT2D eigenvalue weighted by atomic mass is 10.0. The third kappa shape index (κ3) is 3.73. The molecule has 0 saturated carbocycles. The normalized spacial score (nSPS) is 13.2. The van der Waals surface area contributed by atoms with E-state index >= 15 is 0 Å². The number of carbonyl (C=O) groups excluding carboxylic acids is 2. The Kier molecular flexibility index (Phi) is 5.32. The maximum absolute atomic E-state index is 12.0. The molecule has 0 aliphatic carbocycles. The molecule has 6 nitrogen and oxygen atoms in total. The van der Waals surface area contributed by atoms with Gasteiger partial charge >= 0.3 is 5.97 Å². The number of furan rings is 1. The van der Waals surface area contributed by atoms with E-state index in [4.69, 9.17) is 9.15 Å². The van der Waals surface area contributed by atoms with Crippen LogP contribution >= 0.6 is 0 Å². The van der Waals surface area contributed by atoms with Gasteiger partial charge in [0.15, 0.2) is 11.8 Å². The molecule has 0 aliphatic rings. The van der Waals surface area contributed by atoms with E-state index in [-0.39, 0.29) is 12.4 Å². The van der Waals surface area contributed by atoms with Crippen LogP contribution in [-0.2, 0) is 9.53 Å². The lowest BCUT2D eigenvalue weighted by Gasteiger charge is -2.22. The van der Waals surface area contributed by atoms with E-state index in [9.17, 15) is 14.7 Å². The highest BCUT2D eigenvalue weighted by atomic mass is 16.5. The minimum atomic E-state index is -1.22. The quantitative estimate of drug-likeness (QED) is 0.793. The van der Waals surface area contributed by atoms with E-state index in [1.807, 2.05) is 0 Å². The lowest BCUT2D eigenvalue weighted by Crippen LogP contribution is -2.45. The highest BCUT2D eigenvalue weighted by Gasteiger charge is 2.31. The van der Waals surface area contributed by atoms with Gasteiger partial charge in [0.25, 0.3) is 5.91 Å². The van der Waals surface area contributed by atoms with Gasteiger partial charge in [0, 0.05) is 0 Å². The van der Waals surface area contributed by atoms with Crippen molar-refractivity contribution >= 4 is 11.9 Å². The fraction of sp³-hybridized carbons (Fsp3) is 0.250. The number of esters is 1. The molecule has 1 amide bonds. The summed E-state index contributed by atoms with van der Waals surface area (Å²) in [5.41, 5.74) is 0.500. The zero-order valence-electron chi connectivity index (χ0n) is 12.1. The minimum absolute atomic E-state index is 0.0505. The molecule has 2 rings (SSSR count). The van der Waals surface area contributed by atoms with Crippen LogP contribution in [0.3, 0.4) is 0 Å². The molecule has 1 aromatic heterocycles. The molecule has 0 aliphatic heterocycles. The fourth-order valence-electron chi connectivity index (χ4n) is 1.96. The average Bonchev–Trinajstić information content (AvgIpc) is 3.07. The third-order valence-electron chi connectivity index (χ3n) is 3.03. The Morgan fingerprint density at radius 1 is 1.23 bits per heavy atom. The Morgan fingerprint density at radius 3 is 2.55 bits per heavy atom. The second kappa shape index (κ2) is 7.42. The molecule has 6 heteroatoms. The number of carbonyl (C=O) groups is 2. The summed E-state index contributed by atoms with van der Waals surface area (Å²) < 4.78 is 9.90. The summed E-state index contributed by atoms with van der Waals surface area (Å²) in [5, 5.41) is 12.8. The predicted octanol–water partition coefficient (Wildman–Crippen LogP) is 1.67. The number of nitrogens with one attached hydrogen (secondary N) is 1. The topological polar surface area (TPSA) is 88.8 Å². The first-order valence-electron chi connectivity index (χ1n) is 6.87. The predicted molar refractivity (Wildman–Crippen MR) is 78.0 cm³/mol. The van der Waals surface area contributed by atoms with Gasteiger partial charge in [0.2, 0.25) is 0 Å². The van der Waals surface area contributed by atoms with E-state index in [1.54, 1.807) is 43.3 Å². The Hall–Kier alpha value is -2.60. The molecular formula is C16H17NO5. The van der Waals surface area contributed by atoms with Crippen molar-refractivity contribution in [3.05, 3.63) is 60.1 Å². The number of hydrogen-bond donors (Lipinski definition) is 2. The van der Waals surface area contributed by atoms with Crippen LogP contribution in [0.15, 0.2) is 53.1 Å². The van der Waals surface area contributed by atoms with Crippen LogP contribution < -0.4 is 5.32 Å². The number of aliphatic hydroxyl groups excluding tert-OH is 1. The molecule has 0 bridgehead atoms. The molecule has 2 N–H and O–H groups in total. The summed E-state index contributed by atoms with van der Waals surface area (Å²) in [5.74, 6) is -1.26. The average molecular weight is 303 g/mol.